The average Bonchev–Trinajstić information content (AvgIpc) is 2.25. The van der Waals surface area contributed by atoms with Crippen LogP contribution in [0.2, 0.25) is 5.02 Å². The molecule has 3 nitrogen and oxygen atoms in total. The Kier molecular flexibility index (Phi) is 5.60. The second kappa shape index (κ2) is 6.53. The van der Waals surface area contributed by atoms with Gasteiger partial charge in [-0.3, -0.25) is 10.1 Å². The Hall–Kier alpha value is -0.610. The Balaban J connectivity index is 3.06. The summed E-state index contributed by atoms with van der Waals surface area (Å²) in [6, 6.07) is 4.89. The Labute approximate surface area is 121 Å². The van der Waals surface area contributed by atoms with Crippen LogP contribution in [0.25, 0.3) is 0 Å². The summed E-state index contributed by atoms with van der Waals surface area (Å²) in [6.07, 6.45) is 0.678. The molecule has 5 heteroatoms. The minimum atomic E-state index is -0.364. The highest BCUT2D eigenvalue weighted by molar-refractivity contribution is 9.09. The third-order valence-corrected chi connectivity index (χ3v) is 4.06. The summed E-state index contributed by atoms with van der Waals surface area (Å²) >= 11 is 9.39. The SMILES string of the molecule is CC(C)C(Cc1ccc(Cl)cc1[N+](=O)[O-])C(C)Br. The lowest BCUT2D eigenvalue weighted by Crippen LogP contribution is -2.20. The number of nitro groups is 1. The van der Waals surface area contributed by atoms with Crippen molar-refractivity contribution in [1.82, 2.24) is 0 Å². The maximum Gasteiger partial charge on any atom is 0.274 e. The van der Waals surface area contributed by atoms with Crippen molar-refractivity contribution in [2.75, 3.05) is 0 Å². The molecule has 0 amide bonds. The predicted molar refractivity (Wildman–Crippen MR) is 78.5 cm³/mol. The molecule has 1 rings (SSSR count). The van der Waals surface area contributed by atoms with Crippen LogP contribution in [0.4, 0.5) is 5.69 Å². The second-order valence-electron chi connectivity index (χ2n) is 4.82. The number of rotatable bonds is 5. The quantitative estimate of drug-likeness (QED) is 0.439. The zero-order valence-corrected chi connectivity index (χ0v) is 13.0. The fourth-order valence-corrected chi connectivity index (χ4v) is 3.03. The highest BCUT2D eigenvalue weighted by Gasteiger charge is 2.23. The van der Waals surface area contributed by atoms with Crippen molar-refractivity contribution in [2.24, 2.45) is 11.8 Å². The van der Waals surface area contributed by atoms with E-state index >= 15 is 0 Å². The third kappa shape index (κ3) is 3.95. The van der Waals surface area contributed by atoms with E-state index in [0.29, 0.717) is 28.1 Å². The first-order valence-electron chi connectivity index (χ1n) is 5.89. The fourth-order valence-electron chi connectivity index (χ4n) is 2.06. The number of hydrogen-bond acceptors (Lipinski definition) is 2. The number of benzene rings is 1. The summed E-state index contributed by atoms with van der Waals surface area (Å²) in [4.78, 5) is 11.0. The highest BCUT2D eigenvalue weighted by Crippen LogP contribution is 2.30. The van der Waals surface area contributed by atoms with Crippen molar-refractivity contribution in [3.05, 3.63) is 38.9 Å². The van der Waals surface area contributed by atoms with Gasteiger partial charge in [-0.1, -0.05) is 54.4 Å². The van der Waals surface area contributed by atoms with Gasteiger partial charge in [0.05, 0.1) is 4.92 Å². The number of nitro benzene ring substituents is 1. The molecular formula is C13H17BrClNO2. The first kappa shape index (κ1) is 15.4. The Bertz CT molecular complexity index is 427. The molecule has 2 unspecified atom stereocenters. The van der Waals surface area contributed by atoms with Gasteiger partial charge in [-0.15, -0.1) is 0 Å². The maximum absolute atomic E-state index is 11.0. The summed E-state index contributed by atoms with van der Waals surface area (Å²) in [6.45, 7) is 6.33. The lowest BCUT2D eigenvalue weighted by molar-refractivity contribution is -0.385. The van der Waals surface area contributed by atoms with Crippen LogP contribution in [0.15, 0.2) is 18.2 Å². The Morgan fingerprint density at radius 3 is 2.44 bits per heavy atom. The summed E-state index contributed by atoms with van der Waals surface area (Å²) < 4.78 is 0. The zero-order chi connectivity index (χ0) is 13.9. The molecule has 1 aromatic carbocycles. The number of alkyl halides is 1. The van der Waals surface area contributed by atoms with Gasteiger partial charge < -0.3 is 0 Å². The molecule has 1 aromatic rings. The topological polar surface area (TPSA) is 43.1 Å². The molecular weight excluding hydrogens is 318 g/mol. The van der Waals surface area contributed by atoms with E-state index in [1.54, 1.807) is 12.1 Å². The normalized spacial score (nSPS) is 14.6. The molecule has 0 aliphatic heterocycles. The van der Waals surface area contributed by atoms with Gasteiger partial charge in [0.15, 0.2) is 0 Å². The van der Waals surface area contributed by atoms with Crippen LogP contribution in [0.1, 0.15) is 26.3 Å². The molecule has 0 spiro atoms. The van der Waals surface area contributed by atoms with E-state index in [0.717, 1.165) is 5.56 Å². The molecule has 100 valence electrons. The van der Waals surface area contributed by atoms with Crippen molar-refractivity contribution in [3.63, 3.8) is 0 Å². The van der Waals surface area contributed by atoms with Crippen LogP contribution in [-0.2, 0) is 6.42 Å². The number of halogens is 2. The van der Waals surface area contributed by atoms with Gasteiger partial charge in [-0.2, -0.15) is 0 Å². The van der Waals surface area contributed by atoms with E-state index in [4.69, 9.17) is 11.6 Å². The molecule has 0 aliphatic rings. The molecule has 18 heavy (non-hydrogen) atoms. The molecule has 0 aliphatic carbocycles. The molecule has 0 aromatic heterocycles. The van der Waals surface area contributed by atoms with Gasteiger partial charge >= 0.3 is 0 Å². The Morgan fingerprint density at radius 1 is 1.39 bits per heavy atom. The number of hydrogen-bond donors (Lipinski definition) is 0. The van der Waals surface area contributed by atoms with Crippen molar-refractivity contribution in [3.8, 4) is 0 Å². The van der Waals surface area contributed by atoms with Crippen molar-refractivity contribution < 1.29 is 4.92 Å². The standard InChI is InChI=1S/C13H17BrClNO2/c1-8(2)12(9(3)14)6-10-4-5-11(15)7-13(10)16(17)18/h4-5,7-9,12H,6H2,1-3H3. The van der Waals surface area contributed by atoms with Crippen LogP contribution in [0.5, 0.6) is 0 Å². The monoisotopic (exact) mass is 333 g/mol. The molecule has 0 saturated heterocycles. The third-order valence-electron chi connectivity index (χ3n) is 3.15. The van der Waals surface area contributed by atoms with Crippen molar-refractivity contribution in [2.45, 2.75) is 32.0 Å². The molecule has 2 atom stereocenters. The lowest BCUT2D eigenvalue weighted by atomic mass is 9.86. The molecule has 0 saturated carbocycles. The molecule has 0 fully saturated rings. The van der Waals surface area contributed by atoms with Crippen LogP contribution >= 0.6 is 27.5 Å². The van der Waals surface area contributed by atoms with Crippen LogP contribution in [-0.4, -0.2) is 9.75 Å². The van der Waals surface area contributed by atoms with Gasteiger partial charge in [0.1, 0.15) is 0 Å². The smallest absolute Gasteiger partial charge is 0.258 e. The van der Waals surface area contributed by atoms with E-state index in [1.165, 1.54) is 6.07 Å². The highest BCUT2D eigenvalue weighted by atomic mass is 79.9. The summed E-state index contributed by atoms with van der Waals surface area (Å²) in [5.41, 5.74) is 0.857. The summed E-state index contributed by atoms with van der Waals surface area (Å²) in [5, 5.41) is 11.4. The van der Waals surface area contributed by atoms with E-state index in [-0.39, 0.29) is 10.6 Å². The van der Waals surface area contributed by atoms with Crippen molar-refractivity contribution in [1.29, 1.82) is 0 Å². The fraction of sp³-hybridized carbons (Fsp3) is 0.538. The van der Waals surface area contributed by atoms with Gasteiger partial charge in [0.25, 0.3) is 5.69 Å². The van der Waals surface area contributed by atoms with E-state index < -0.39 is 0 Å². The maximum atomic E-state index is 11.0. The summed E-state index contributed by atoms with van der Waals surface area (Å²) in [7, 11) is 0. The van der Waals surface area contributed by atoms with E-state index in [2.05, 4.69) is 36.7 Å². The van der Waals surface area contributed by atoms with Crippen LogP contribution in [0, 0.1) is 22.0 Å². The molecule has 0 radical (unpaired) electrons. The van der Waals surface area contributed by atoms with E-state index in [1.807, 2.05) is 0 Å². The van der Waals surface area contributed by atoms with Crippen LogP contribution in [0.3, 0.4) is 0 Å². The second-order valence-corrected chi connectivity index (χ2v) is 6.70. The first-order chi connectivity index (χ1) is 8.32. The minimum absolute atomic E-state index is 0.112. The largest absolute Gasteiger partial charge is 0.274 e. The minimum Gasteiger partial charge on any atom is -0.258 e. The molecule has 0 heterocycles. The average molecular weight is 335 g/mol. The molecule has 0 N–H and O–H groups in total. The van der Waals surface area contributed by atoms with E-state index in [9.17, 15) is 10.1 Å². The zero-order valence-electron chi connectivity index (χ0n) is 10.7. The van der Waals surface area contributed by atoms with Gasteiger partial charge in [0, 0.05) is 21.5 Å². The van der Waals surface area contributed by atoms with Gasteiger partial charge in [-0.25, -0.2) is 0 Å². The van der Waals surface area contributed by atoms with Crippen molar-refractivity contribution >= 4 is 33.2 Å². The van der Waals surface area contributed by atoms with Gasteiger partial charge in [-0.05, 0) is 24.3 Å². The molecule has 0 bridgehead atoms. The summed E-state index contributed by atoms with van der Waals surface area (Å²) in [5.74, 6) is 0.805. The van der Waals surface area contributed by atoms with Crippen LogP contribution < -0.4 is 0 Å². The predicted octanol–water partition coefficient (Wildman–Crippen LogP) is 4.85. The lowest BCUT2D eigenvalue weighted by Gasteiger charge is -2.23. The number of nitrogens with zero attached hydrogens (tertiary/aromatic N) is 1. The first-order valence-corrected chi connectivity index (χ1v) is 7.19. The van der Waals surface area contributed by atoms with Gasteiger partial charge in [0.2, 0.25) is 0 Å². The Morgan fingerprint density at radius 2 is 2.00 bits per heavy atom.